The van der Waals surface area contributed by atoms with E-state index < -0.39 is 12.2 Å². The number of aliphatic hydroxyl groups excluding tert-OH is 2. The molecule has 0 bridgehead atoms. The Morgan fingerprint density at radius 1 is 0.636 bits per heavy atom. The van der Waals surface area contributed by atoms with Gasteiger partial charge in [0.1, 0.15) is 0 Å². The Labute approximate surface area is 133 Å². The molecule has 0 aliphatic heterocycles. The van der Waals surface area contributed by atoms with Crippen molar-refractivity contribution in [3.63, 3.8) is 0 Å². The van der Waals surface area contributed by atoms with Crippen LogP contribution in [-0.4, -0.2) is 22.4 Å². The molecule has 2 heteroatoms. The fraction of sp³-hybridized carbons (Fsp3) is 0.400. The maximum Gasteiger partial charge on any atom is 0.0842 e. The highest BCUT2D eigenvalue weighted by atomic mass is 16.3. The Morgan fingerprint density at radius 2 is 0.909 bits per heavy atom. The Hall–Kier alpha value is -1.64. The minimum absolute atomic E-state index is 0.491. The Morgan fingerprint density at radius 3 is 1.18 bits per heavy atom. The summed E-state index contributed by atoms with van der Waals surface area (Å²) >= 11 is 0. The third-order valence-electron chi connectivity index (χ3n) is 4.56. The summed E-state index contributed by atoms with van der Waals surface area (Å²) in [5, 5.41) is 20.8. The second kappa shape index (κ2) is 7.08. The van der Waals surface area contributed by atoms with E-state index in [9.17, 15) is 10.2 Å². The van der Waals surface area contributed by atoms with E-state index in [4.69, 9.17) is 0 Å². The van der Waals surface area contributed by atoms with Crippen LogP contribution in [0.4, 0.5) is 0 Å². The molecule has 0 aliphatic carbocycles. The highest BCUT2D eigenvalue weighted by Gasteiger charge is 2.20. The van der Waals surface area contributed by atoms with Crippen LogP contribution in [0.15, 0.2) is 36.4 Å². The molecule has 2 unspecified atom stereocenters. The molecule has 22 heavy (non-hydrogen) atoms. The van der Waals surface area contributed by atoms with Gasteiger partial charge in [0.2, 0.25) is 0 Å². The molecule has 0 amide bonds. The van der Waals surface area contributed by atoms with Crippen molar-refractivity contribution in [3.05, 3.63) is 69.8 Å². The van der Waals surface area contributed by atoms with E-state index in [0.29, 0.717) is 12.8 Å². The number of benzene rings is 2. The first kappa shape index (κ1) is 16.7. The summed E-state index contributed by atoms with van der Waals surface area (Å²) in [6.07, 6.45) is -0.521. The van der Waals surface area contributed by atoms with Crippen LogP contribution >= 0.6 is 0 Å². The van der Waals surface area contributed by atoms with Crippen LogP contribution in [0.1, 0.15) is 33.4 Å². The fourth-order valence-corrected chi connectivity index (χ4v) is 3.03. The zero-order valence-corrected chi connectivity index (χ0v) is 13.9. The Balaban J connectivity index is 2.11. The third kappa shape index (κ3) is 3.76. The summed E-state index contributed by atoms with van der Waals surface area (Å²) in [7, 11) is 0. The first-order chi connectivity index (χ1) is 10.4. The number of hydrogen-bond donors (Lipinski definition) is 2. The van der Waals surface area contributed by atoms with Gasteiger partial charge >= 0.3 is 0 Å². The summed E-state index contributed by atoms with van der Waals surface area (Å²) in [5.74, 6) is 0. The molecule has 0 saturated carbocycles. The predicted molar refractivity (Wildman–Crippen MR) is 91.3 cm³/mol. The smallest absolute Gasteiger partial charge is 0.0842 e. The first-order valence-corrected chi connectivity index (χ1v) is 7.86. The lowest BCUT2D eigenvalue weighted by atomic mass is 9.91. The molecule has 0 radical (unpaired) electrons. The molecule has 118 valence electrons. The van der Waals surface area contributed by atoms with E-state index in [2.05, 4.69) is 0 Å². The van der Waals surface area contributed by atoms with E-state index in [1.54, 1.807) is 0 Å². The van der Waals surface area contributed by atoms with Crippen LogP contribution in [0.25, 0.3) is 0 Å². The molecule has 0 aliphatic rings. The van der Waals surface area contributed by atoms with Crippen LogP contribution in [0.5, 0.6) is 0 Å². The molecule has 0 saturated heterocycles. The van der Waals surface area contributed by atoms with Crippen LogP contribution in [0, 0.1) is 27.7 Å². The lowest BCUT2D eigenvalue weighted by molar-refractivity contribution is 0.0203. The maximum absolute atomic E-state index is 10.4. The third-order valence-corrected chi connectivity index (χ3v) is 4.56. The van der Waals surface area contributed by atoms with Gasteiger partial charge in [-0.25, -0.2) is 0 Å². The standard InChI is InChI=1S/C20H26O2/c1-13-7-5-8-14(2)17(13)11-19(21)20(22)12-18-15(3)9-6-10-16(18)4/h5-10,19-22H,11-12H2,1-4H3. The summed E-state index contributed by atoms with van der Waals surface area (Å²) in [6, 6.07) is 12.2. The van der Waals surface area contributed by atoms with Crippen molar-refractivity contribution in [2.45, 2.75) is 52.7 Å². The van der Waals surface area contributed by atoms with Crippen molar-refractivity contribution in [2.75, 3.05) is 0 Å². The zero-order chi connectivity index (χ0) is 16.3. The van der Waals surface area contributed by atoms with Gasteiger partial charge in [-0.3, -0.25) is 0 Å². The van der Waals surface area contributed by atoms with E-state index in [-0.39, 0.29) is 0 Å². The van der Waals surface area contributed by atoms with Gasteiger partial charge in [-0.1, -0.05) is 36.4 Å². The number of rotatable bonds is 5. The molecule has 0 spiro atoms. The Kier molecular flexibility index (Phi) is 5.38. The molecule has 2 atom stereocenters. The minimum atomic E-state index is -0.751. The van der Waals surface area contributed by atoms with Gasteiger partial charge in [-0.05, 0) is 61.1 Å². The van der Waals surface area contributed by atoms with Crippen LogP contribution < -0.4 is 0 Å². The highest BCUT2D eigenvalue weighted by Crippen LogP contribution is 2.20. The van der Waals surface area contributed by atoms with Crippen molar-refractivity contribution >= 4 is 0 Å². The molecule has 2 rings (SSSR count). The van der Waals surface area contributed by atoms with Crippen LogP contribution in [0.2, 0.25) is 0 Å². The molecular formula is C20H26O2. The second-order valence-electron chi connectivity index (χ2n) is 6.28. The molecule has 2 nitrogen and oxygen atoms in total. The lowest BCUT2D eigenvalue weighted by Gasteiger charge is -2.21. The van der Waals surface area contributed by atoms with E-state index in [1.165, 1.54) is 22.3 Å². The second-order valence-corrected chi connectivity index (χ2v) is 6.28. The molecule has 0 aromatic heterocycles. The first-order valence-electron chi connectivity index (χ1n) is 7.86. The normalized spacial score (nSPS) is 13.9. The van der Waals surface area contributed by atoms with Crippen molar-refractivity contribution in [2.24, 2.45) is 0 Å². The molecule has 2 aromatic carbocycles. The maximum atomic E-state index is 10.4. The summed E-state index contributed by atoms with van der Waals surface area (Å²) in [6.45, 7) is 8.19. The fourth-order valence-electron chi connectivity index (χ4n) is 3.03. The van der Waals surface area contributed by atoms with Gasteiger partial charge in [0.15, 0.2) is 0 Å². The van der Waals surface area contributed by atoms with Crippen molar-refractivity contribution in [3.8, 4) is 0 Å². The zero-order valence-electron chi connectivity index (χ0n) is 13.9. The van der Waals surface area contributed by atoms with E-state index in [0.717, 1.165) is 11.1 Å². The van der Waals surface area contributed by atoms with Gasteiger partial charge in [-0.15, -0.1) is 0 Å². The van der Waals surface area contributed by atoms with Crippen molar-refractivity contribution < 1.29 is 10.2 Å². The predicted octanol–water partition coefficient (Wildman–Crippen LogP) is 3.43. The number of hydrogen-bond acceptors (Lipinski definition) is 2. The number of aliphatic hydroxyl groups is 2. The molecule has 2 aromatic rings. The Bertz CT molecular complexity index is 548. The quantitative estimate of drug-likeness (QED) is 0.888. The van der Waals surface area contributed by atoms with E-state index in [1.807, 2.05) is 64.1 Å². The van der Waals surface area contributed by atoms with Gasteiger partial charge < -0.3 is 10.2 Å². The average Bonchev–Trinajstić information content (AvgIpc) is 2.46. The largest absolute Gasteiger partial charge is 0.390 e. The summed E-state index contributed by atoms with van der Waals surface area (Å²) in [5.41, 5.74) is 6.93. The van der Waals surface area contributed by atoms with E-state index >= 15 is 0 Å². The number of aryl methyl sites for hydroxylation is 4. The van der Waals surface area contributed by atoms with Crippen LogP contribution in [0.3, 0.4) is 0 Å². The monoisotopic (exact) mass is 298 g/mol. The van der Waals surface area contributed by atoms with Crippen LogP contribution in [-0.2, 0) is 12.8 Å². The van der Waals surface area contributed by atoms with Gasteiger partial charge in [0, 0.05) is 12.8 Å². The minimum Gasteiger partial charge on any atom is -0.390 e. The van der Waals surface area contributed by atoms with Crippen molar-refractivity contribution in [1.29, 1.82) is 0 Å². The summed E-state index contributed by atoms with van der Waals surface area (Å²) in [4.78, 5) is 0. The van der Waals surface area contributed by atoms with Gasteiger partial charge in [-0.2, -0.15) is 0 Å². The molecular weight excluding hydrogens is 272 g/mol. The lowest BCUT2D eigenvalue weighted by Crippen LogP contribution is -2.31. The molecule has 2 N–H and O–H groups in total. The van der Waals surface area contributed by atoms with Gasteiger partial charge in [0.25, 0.3) is 0 Å². The highest BCUT2D eigenvalue weighted by molar-refractivity contribution is 5.35. The molecule has 0 heterocycles. The molecule has 0 fully saturated rings. The van der Waals surface area contributed by atoms with Crippen molar-refractivity contribution in [1.82, 2.24) is 0 Å². The average molecular weight is 298 g/mol. The SMILES string of the molecule is Cc1cccc(C)c1CC(O)C(O)Cc1c(C)cccc1C. The topological polar surface area (TPSA) is 40.5 Å². The van der Waals surface area contributed by atoms with Gasteiger partial charge in [0.05, 0.1) is 12.2 Å². The summed E-state index contributed by atoms with van der Waals surface area (Å²) < 4.78 is 0.